The normalized spacial score (nSPS) is 17.6. The lowest BCUT2D eigenvalue weighted by Crippen LogP contribution is -2.48. The van der Waals surface area contributed by atoms with Gasteiger partial charge in [-0.3, -0.25) is 14.5 Å². The molecule has 0 saturated carbocycles. The second-order valence-electron chi connectivity index (χ2n) is 7.40. The van der Waals surface area contributed by atoms with Gasteiger partial charge >= 0.3 is 0 Å². The van der Waals surface area contributed by atoms with E-state index in [1.54, 1.807) is 37.4 Å². The molecule has 0 unspecified atom stereocenters. The topological polar surface area (TPSA) is 73.3 Å². The zero-order valence-corrected chi connectivity index (χ0v) is 17.3. The van der Waals surface area contributed by atoms with Crippen molar-refractivity contribution in [2.24, 2.45) is 0 Å². The van der Waals surface area contributed by atoms with E-state index in [9.17, 15) is 19.1 Å². The van der Waals surface area contributed by atoms with E-state index in [0.717, 1.165) is 4.90 Å². The van der Waals surface area contributed by atoms with E-state index in [-0.39, 0.29) is 23.6 Å². The first-order chi connectivity index (χ1) is 15.0. The molecule has 8 heteroatoms. The van der Waals surface area contributed by atoms with Gasteiger partial charge in [0.1, 0.15) is 17.3 Å². The van der Waals surface area contributed by atoms with E-state index >= 15 is 0 Å². The number of halogens is 1. The molecule has 2 aliphatic rings. The van der Waals surface area contributed by atoms with Crippen molar-refractivity contribution in [1.29, 1.82) is 0 Å². The van der Waals surface area contributed by atoms with Gasteiger partial charge in [-0.1, -0.05) is 24.3 Å². The standard InChI is InChI=1S/C23H24FN3O4/c1-31-17-8-6-16(7-9-17)20-21(26-12-10-25(11-13-26)14-15-28)23(30)27(22(20)29)19-5-3-2-4-18(19)24/h2-9,28H,10-15H2,1H3. The summed E-state index contributed by atoms with van der Waals surface area (Å²) in [5, 5.41) is 9.18. The number of hydrogen-bond donors (Lipinski definition) is 1. The summed E-state index contributed by atoms with van der Waals surface area (Å²) in [5.74, 6) is -1.08. The van der Waals surface area contributed by atoms with Gasteiger partial charge in [0.25, 0.3) is 11.8 Å². The molecular weight excluding hydrogens is 401 g/mol. The Hall–Kier alpha value is -3.23. The molecule has 4 rings (SSSR count). The van der Waals surface area contributed by atoms with Crippen molar-refractivity contribution in [3.63, 3.8) is 0 Å². The second-order valence-corrected chi connectivity index (χ2v) is 7.40. The number of nitrogens with zero attached hydrogens (tertiary/aromatic N) is 3. The average Bonchev–Trinajstić information content (AvgIpc) is 3.05. The van der Waals surface area contributed by atoms with Gasteiger partial charge in [0, 0.05) is 32.7 Å². The lowest BCUT2D eigenvalue weighted by Gasteiger charge is -2.36. The first kappa shape index (κ1) is 21.0. The number of piperazine rings is 1. The Morgan fingerprint density at radius 3 is 2.26 bits per heavy atom. The molecule has 7 nitrogen and oxygen atoms in total. The van der Waals surface area contributed by atoms with Gasteiger partial charge in [0.05, 0.1) is 25.0 Å². The number of β-amino-alcohol motifs (C(OH)–C–C–N with tert-alkyl or cyclic N) is 1. The van der Waals surface area contributed by atoms with Crippen LogP contribution in [0.1, 0.15) is 5.56 Å². The largest absolute Gasteiger partial charge is 0.497 e. The Morgan fingerprint density at radius 2 is 1.65 bits per heavy atom. The average molecular weight is 425 g/mol. The molecule has 1 fully saturated rings. The Labute approximate surface area is 179 Å². The molecule has 2 aromatic rings. The van der Waals surface area contributed by atoms with Crippen LogP contribution >= 0.6 is 0 Å². The van der Waals surface area contributed by atoms with E-state index < -0.39 is 17.6 Å². The molecule has 31 heavy (non-hydrogen) atoms. The first-order valence-electron chi connectivity index (χ1n) is 10.2. The summed E-state index contributed by atoms with van der Waals surface area (Å²) in [6.45, 7) is 2.99. The zero-order chi connectivity index (χ0) is 22.0. The Bertz CT molecular complexity index is 1010. The number of amides is 2. The van der Waals surface area contributed by atoms with Crippen molar-refractivity contribution in [2.75, 3.05) is 51.3 Å². The molecular formula is C23H24FN3O4. The molecule has 1 saturated heterocycles. The number of carbonyl (C=O) groups is 2. The number of carbonyl (C=O) groups excluding carboxylic acids is 2. The smallest absolute Gasteiger partial charge is 0.282 e. The predicted octanol–water partition coefficient (Wildman–Crippen LogP) is 1.73. The summed E-state index contributed by atoms with van der Waals surface area (Å²) in [4.78, 5) is 31.8. The van der Waals surface area contributed by atoms with Crippen molar-refractivity contribution in [3.8, 4) is 5.75 Å². The highest BCUT2D eigenvalue weighted by Gasteiger charge is 2.43. The summed E-state index contributed by atoms with van der Waals surface area (Å²) in [6.07, 6.45) is 0. The van der Waals surface area contributed by atoms with Crippen LogP contribution in [0.2, 0.25) is 0 Å². The van der Waals surface area contributed by atoms with E-state index in [0.29, 0.717) is 44.0 Å². The maximum absolute atomic E-state index is 14.5. The Morgan fingerprint density at radius 1 is 0.968 bits per heavy atom. The molecule has 162 valence electrons. The third-order valence-electron chi connectivity index (χ3n) is 5.64. The molecule has 2 aliphatic heterocycles. The summed E-state index contributed by atoms with van der Waals surface area (Å²) in [6, 6.07) is 12.7. The molecule has 0 spiro atoms. The molecule has 0 aliphatic carbocycles. The van der Waals surface area contributed by atoms with Crippen LogP contribution in [0.5, 0.6) is 5.75 Å². The number of para-hydroxylation sites is 1. The summed E-state index contributed by atoms with van der Waals surface area (Å²) in [7, 11) is 1.55. The maximum Gasteiger partial charge on any atom is 0.282 e. The van der Waals surface area contributed by atoms with Crippen LogP contribution in [-0.4, -0.2) is 73.2 Å². The second kappa shape index (κ2) is 8.87. The third kappa shape index (κ3) is 3.92. The van der Waals surface area contributed by atoms with Crippen LogP contribution in [0, 0.1) is 5.82 Å². The fraction of sp³-hybridized carbons (Fsp3) is 0.304. The quantitative estimate of drug-likeness (QED) is 0.711. The molecule has 2 aromatic carbocycles. The highest BCUT2D eigenvalue weighted by molar-refractivity contribution is 6.45. The number of ether oxygens (including phenoxy) is 1. The van der Waals surface area contributed by atoms with Crippen LogP contribution in [0.15, 0.2) is 54.2 Å². The van der Waals surface area contributed by atoms with Gasteiger partial charge in [-0.15, -0.1) is 0 Å². The lowest BCUT2D eigenvalue weighted by atomic mass is 10.0. The first-order valence-corrected chi connectivity index (χ1v) is 10.2. The van der Waals surface area contributed by atoms with Gasteiger partial charge in [0.15, 0.2) is 0 Å². The summed E-state index contributed by atoms with van der Waals surface area (Å²) >= 11 is 0. The molecule has 0 atom stereocenters. The van der Waals surface area contributed by atoms with Crippen LogP contribution in [-0.2, 0) is 9.59 Å². The van der Waals surface area contributed by atoms with Gasteiger partial charge < -0.3 is 14.7 Å². The molecule has 0 aromatic heterocycles. The van der Waals surface area contributed by atoms with Crippen LogP contribution in [0.4, 0.5) is 10.1 Å². The number of aliphatic hydroxyl groups excluding tert-OH is 1. The van der Waals surface area contributed by atoms with E-state index in [2.05, 4.69) is 4.90 Å². The zero-order valence-electron chi connectivity index (χ0n) is 17.3. The number of imide groups is 1. The number of benzene rings is 2. The van der Waals surface area contributed by atoms with Crippen molar-refractivity contribution in [1.82, 2.24) is 9.80 Å². The lowest BCUT2D eigenvalue weighted by molar-refractivity contribution is -0.120. The molecule has 0 radical (unpaired) electrons. The molecule has 2 heterocycles. The van der Waals surface area contributed by atoms with Gasteiger partial charge in [0.2, 0.25) is 0 Å². The molecule has 0 bridgehead atoms. The van der Waals surface area contributed by atoms with Gasteiger partial charge in [-0.05, 0) is 29.8 Å². The number of anilines is 1. The highest BCUT2D eigenvalue weighted by Crippen LogP contribution is 2.36. The van der Waals surface area contributed by atoms with E-state index in [1.807, 2.05) is 4.90 Å². The molecule has 2 amide bonds. The van der Waals surface area contributed by atoms with Crippen LogP contribution in [0.25, 0.3) is 5.57 Å². The SMILES string of the molecule is COc1ccc(C2=C(N3CCN(CCO)CC3)C(=O)N(c3ccccc3F)C2=O)cc1. The van der Waals surface area contributed by atoms with Gasteiger partial charge in [-0.25, -0.2) is 9.29 Å². The predicted molar refractivity (Wildman–Crippen MR) is 114 cm³/mol. The van der Waals surface area contributed by atoms with Crippen molar-refractivity contribution >= 4 is 23.1 Å². The minimum Gasteiger partial charge on any atom is -0.497 e. The fourth-order valence-corrected chi connectivity index (χ4v) is 4.02. The molecule has 1 N–H and O–H groups in total. The number of rotatable bonds is 6. The minimum absolute atomic E-state index is 0.0579. The van der Waals surface area contributed by atoms with Crippen molar-refractivity contribution in [2.45, 2.75) is 0 Å². The Balaban J connectivity index is 1.75. The minimum atomic E-state index is -0.632. The Kier molecular flexibility index (Phi) is 6.01. The maximum atomic E-state index is 14.5. The monoisotopic (exact) mass is 425 g/mol. The summed E-state index contributed by atoms with van der Waals surface area (Å²) < 4.78 is 19.7. The van der Waals surface area contributed by atoms with Crippen LogP contribution in [0.3, 0.4) is 0 Å². The third-order valence-corrected chi connectivity index (χ3v) is 5.64. The number of aliphatic hydroxyl groups is 1. The van der Waals surface area contributed by atoms with E-state index in [1.165, 1.54) is 18.2 Å². The van der Waals surface area contributed by atoms with Crippen molar-refractivity contribution < 1.29 is 23.8 Å². The highest BCUT2D eigenvalue weighted by atomic mass is 19.1. The number of methoxy groups -OCH3 is 1. The van der Waals surface area contributed by atoms with Crippen LogP contribution < -0.4 is 9.64 Å². The summed E-state index contributed by atoms with van der Waals surface area (Å²) in [5.41, 5.74) is 1.05. The number of hydrogen-bond acceptors (Lipinski definition) is 6. The van der Waals surface area contributed by atoms with Gasteiger partial charge in [-0.2, -0.15) is 0 Å². The fourth-order valence-electron chi connectivity index (χ4n) is 4.02. The van der Waals surface area contributed by atoms with Crippen molar-refractivity contribution in [3.05, 3.63) is 65.6 Å². The van der Waals surface area contributed by atoms with E-state index in [4.69, 9.17) is 4.74 Å².